The van der Waals surface area contributed by atoms with Crippen molar-refractivity contribution < 1.29 is 9.90 Å². The molecule has 1 aromatic rings. The van der Waals surface area contributed by atoms with E-state index in [0.717, 1.165) is 5.56 Å². The highest BCUT2D eigenvalue weighted by atomic mass is 16.3. The Morgan fingerprint density at radius 3 is 2.53 bits per heavy atom. The number of nitrogens with two attached hydrogens (primary N) is 1. The van der Waals surface area contributed by atoms with Gasteiger partial charge in [0.25, 0.3) is 0 Å². The zero-order valence-corrected chi connectivity index (χ0v) is 8.73. The Morgan fingerprint density at radius 1 is 1.47 bits per heavy atom. The van der Waals surface area contributed by atoms with E-state index in [1.165, 1.54) is 0 Å². The molecule has 0 fully saturated rings. The van der Waals surface area contributed by atoms with Crippen LogP contribution < -0.4 is 11.1 Å². The molecule has 1 aromatic carbocycles. The topological polar surface area (TPSA) is 75.3 Å². The van der Waals surface area contributed by atoms with Crippen molar-refractivity contribution in [2.45, 2.75) is 19.5 Å². The molecule has 0 saturated carbocycles. The summed E-state index contributed by atoms with van der Waals surface area (Å²) in [5.41, 5.74) is 6.68. The Morgan fingerprint density at radius 2 is 2.07 bits per heavy atom. The predicted molar refractivity (Wildman–Crippen MR) is 58.3 cm³/mol. The number of primary amides is 1. The number of rotatable bonds is 5. The SMILES string of the molecule is C[C@@H](CO)NCc1ccc(C(N)=O)cc1. The maximum atomic E-state index is 10.8. The second kappa shape index (κ2) is 5.48. The first kappa shape index (κ1) is 11.7. The first-order valence-corrected chi connectivity index (χ1v) is 4.86. The van der Waals surface area contributed by atoms with Crippen molar-refractivity contribution in [1.82, 2.24) is 5.32 Å². The first-order chi connectivity index (χ1) is 7.13. The van der Waals surface area contributed by atoms with E-state index in [2.05, 4.69) is 5.32 Å². The highest BCUT2D eigenvalue weighted by molar-refractivity contribution is 5.92. The van der Waals surface area contributed by atoms with E-state index < -0.39 is 5.91 Å². The molecule has 0 radical (unpaired) electrons. The van der Waals surface area contributed by atoms with Crippen LogP contribution in [0.5, 0.6) is 0 Å². The Bertz CT molecular complexity index is 322. The van der Waals surface area contributed by atoms with Crippen LogP contribution in [0.2, 0.25) is 0 Å². The third-order valence-corrected chi connectivity index (χ3v) is 2.17. The maximum Gasteiger partial charge on any atom is 0.248 e. The van der Waals surface area contributed by atoms with Gasteiger partial charge in [-0.1, -0.05) is 12.1 Å². The van der Waals surface area contributed by atoms with Crippen LogP contribution in [0.1, 0.15) is 22.8 Å². The minimum atomic E-state index is -0.418. The quantitative estimate of drug-likeness (QED) is 0.649. The van der Waals surface area contributed by atoms with Crippen molar-refractivity contribution in [2.24, 2.45) is 5.73 Å². The summed E-state index contributed by atoms with van der Waals surface area (Å²) in [5, 5.41) is 11.9. The van der Waals surface area contributed by atoms with E-state index in [-0.39, 0.29) is 12.6 Å². The molecule has 82 valence electrons. The van der Waals surface area contributed by atoms with Gasteiger partial charge in [-0.05, 0) is 24.6 Å². The molecule has 1 amide bonds. The molecule has 4 nitrogen and oxygen atoms in total. The van der Waals surface area contributed by atoms with Crippen LogP contribution in [-0.2, 0) is 6.54 Å². The molecule has 0 aliphatic heterocycles. The lowest BCUT2D eigenvalue weighted by atomic mass is 10.1. The third kappa shape index (κ3) is 3.69. The van der Waals surface area contributed by atoms with Crippen LogP contribution in [0.4, 0.5) is 0 Å². The fraction of sp³-hybridized carbons (Fsp3) is 0.364. The molecule has 1 rings (SSSR count). The molecule has 0 saturated heterocycles. The molecule has 0 aliphatic carbocycles. The van der Waals surface area contributed by atoms with E-state index in [1.54, 1.807) is 12.1 Å². The van der Waals surface area contributed by atoms with Gasteiger partial charge in [0.15, 0.2) is 0 Å². The van der Waals surface area contributed by atoms with Crippen molar-refractivity contribution >= 4 is 5.91 Å². The number of hydrogen-bond donors (Lipinski definition) is 3. The Hall–Kier alpha value is -1.39. The predicted octanol–water partition coefficient (Wildman–Crippen LogP) is 0.256. The summed E-state index contributed by atoms with van der Waals surface area (Å²) >= 11 is 0. The second-order valence-corrected chi connectivity index (χ2v) is 3.53. The molecule has 0 bridgehead atoms. The number of carbonyl (C=O) groups is 1. The average Bonchev–Trinajstić information content (AvgIpc) is 2.26. The fourth-order valence-electron chi connectivity index (χ4n) is 1.14. The van der Waals surface area contributed by atoms with Crippen molar-refractivity contribution in [3.05, 3.63) is 35.4 Å². The second-order valence-electron chi connectivity index (χ2n) is 3.53. The highest BCUT2D eigenvalue weighted by Gasteiger charge is 2.01. The van der Waals surface area contributed by atoms with Crippen molar-refractivity contribution in [3.8, 4) is 0 Å². The van der Waals surface area contributed by atoms with Gasteiger partial charge in [0, 0.05) is 18.2 Å². The first-order valence-electron chi connectivity index (χ1n) is 4.86. The van der Waals surface area contributed by atoms with E-state index in [0.29, 0.717) is 12.1 Å². The molecular formula is C11H16N2O2. The minimum absolute atomic E-state index is 0.0702. The highest BCUT2D eigenvalue weighted by Crippen LogP contribution is 2.03. The minimum Gasteiger partial charge on any atom is -0.395 e. The summed E-state index contributed by atoms with van der Waals surface area (Å²) < 4.78 is 0. The molecule has 0 aromatic heterocycles. The van der Waals surface area contributed by atoms with E-state index >= 15 is 0 Å². The lowest BCUT2D eigenvalue weighted by molar-refractivity contribution is 0.100. The number of aliphatic hydroxyl groups is 1. The number of nitrogens with one attached hydrogen (secondary N) is 1. The summed E-state index contributed by atoms with van der Waals surface area (Å²) in [6, 6.07) is 7.15. The van der Waals surface area contributed by atoms with Crippen LogP contribution in [0.15, 0.2) is 24.3 Å². The average molecular weight is 208 g/mol. The van der Waals surface area contributed by atoms with Gasteiger partial charge >= 0.3 is 0 Å². The van der Waals surface area contributed by atoms with Crippen LogP contribution in [0.25, 0.3) is 0 Å². The van der Waals surface area contributed by atoms with Crippen molar-refractivity contribution in [3.63, 3.8) is 0 Å². The van der Waals surface area contributed by atoms with Gasteiger partial charge < -0.3 is 16.2 Å². The van der Waals surface area contributed by atoms with Crippen LogP contribution >= 0.6 is 0 Å². The summed E-state index contributed by atoms with van der Waals surface area (Å²) in [7, 11) is 0. The molecule has 15 heavy (non-hydrogen) atoms. The summed E-state index contributed by atoms with van der Waals surface area (Å²) in [6.45, 7) is 2.68. The molecule has 0 spiro atoms. The largest absolute Gasteiger partial charge is 0.395 e. The molecule has 1 atom stereocenters. The van der Waals surface area contributed by atoms with Crippen LogP contribution in [0.3, 0.4) is 0 Å². The number of hydrogen-bond acceptors (Lipinski definition) is 3. The molecular weight excluding hydrogens is 192 g/mol. The molecule has 0 aliphatic rings. The maximum absolute atomic E-state index is 10.8. The fourth-order valence-corrected chi connectivity index (χ4v) is 1.14. The van der Waals surface area contributed by atoms with E-state index in [9.17, 15) is 4.79 Å². The van der Waals surface area contributed by atoms with Gasteiger partial charge in [0.2, 0.25) is 5.91 Å². The normalized spacial score (nSPS) is 12.4. The number of carbonyl (C=O) groups excluding carboxylic acids is 1. The van der Waals surface area contributed by atoms with E-state index in [1.807, 2.05) is 19.1 Å². The number of benzene rings is 1. The monoisotopic (exact) mass is 208 g/mol. The lowest BCUT2D eigenvalue weighted by Crippen LogP contribution is -2.28. The van der Waals surface area contributed by atoms with Gasteiger partial charge in [0.05, 0.1) is 6.61 Å². The molecule has 0 heterocycles. The number of aliphatic hydroxyl groups excluding tert-OH is 1. The Balaban J connectivity index is 2.53. The van der Waals surface area contributed by atoms with Crippen LogP contribution in [0, 0.1) is 0 Å². The van der Waals surface area contributed by atoms with Gasteiger partial charge in [0.1, 0.15) is 0 Å². The van der Waals surface area contributed by atoms with Gasteiger partial charge in [-0.3, -0.25) is 4.79 Å². The van der Waals surface area contributed by atoms with Gasteiger partial charge in [-0.25, -0.2) is 0 Å². The smallest absolute Gasteiger partial charge is 0.248 e. The lowest BCUT2D eigenvalue weighted by Gasteiger charge is -2.10. The zero-order valence-electron chi connectivity index (χ0n) is 8.73. The Kier molecular flexibility index (Phi) is 4.27. The van der Waals surface area contributed by atoms with Gasteiger partial charge in [-0.2, -0.15) is 0 Å². The summed E-state index contributed by atoms with van der Waals surface area (Å²) in [4.78, 5) is 10.8. The van der Waals surface area contributed by atoms with E-state index in [4.69, 9.17) is 10.8 Å². The van der Waals surface area contributed by atoms with Gasteiger partial charge in [-0.15, -0.1) is 0 Å². The molecule has 0 unspecified atom stereocenters. The van der Waals surface area contributed by atoms with Crippen molar-refractivity contribution in [2.75, 3.05) is 6.61 Å². The zero-order chi connectivity index (χ0) is 11.3. The molecule has 4 N–H and O–H groups in total. The van der Waals surface area contributed by atoms with Crippen molar-refractivity contribution in [1.29, 1.82) is 0 Å². The molecule has 4 heteroatoms. The Labute approximate surface area is 89.1 Å². The number of amides is 1. The summed E-state index contributed by atoms with van der Waals surface area (Å²) in [5.74, 6) is -0.418. The standard InChI is InChI=1S/C11H16N2O2/c1-8(7-14)13-6-9-2-4-10(5-3-9)11(12)15/h2-5,8,13-14H,6-7H2,1H3,(H2,12,15)/t8-/m0/s1. The van der Waals surface area contributed by atoms with Crippen LogP contribution in [-0.4, -0.2) is 23.7 Å². The summed E-state index contributed by atoms with van der Waals surface area (Å²) in [6.07, 6.45) is 0. The third-order valence-electron chi connectivity index (χ3n) is 2.17.